The summed E-state index contributed by atoms with van der Waals surface area (Å²) in [6.07, 6.45) is -1.85. The first-order valence-electron chi connectivity index (χ1n) is 4.58. The molecule has 1 aromatic heterocycles. The molecule has 0 atom stereocenters. The van der Waals surface area contributed by atoms with E-state index in [1.165, 1.54) is 13.3 Å². The van der Waals surface area contributed by atoms with Gasteiger partial charge < -0.3 is 4.74 Å². The average molecular weight is 284 g/mol. The lowest BCUT2D eigenvalue weighted by molar-refractivity contribution is -0.139. The molecule has 1 rings (SSSR count). The number of carbonyl (C=O) groups is 1. The molecule has 7 heteroatoms. The van der Waals surface area contributed by atoms with Crippen molar-refractivity contribution in [3.05, 3.63) is 28.0 Å². The third-order valence-electron chi connectivity index (χ3n) is 2.18. The molecule has 17 heavy (non-hydrogen) atoms. The van der Waals surface area contributed by atoms with Crippen LogP contribution < -0.4 is 0 Å². The summed E-state index contributed by atoms with van der Waals surface area (Å²) < 4.78 is 30.1. The van der Waals surface area contributed by atoms with Crippen molar-refractivity contribution in [1.82, 2.24) is 4.98 Å². The third kappa shape index (κ3) is 3.26. The number of pyridine rings is 1. The van der Waals surface area contributed by atoms with Gasteiger partial charge in [-0.25, -0.2) is 13.8 Å². The van der Waals surface area contributed by atoms with Crippen LogP contribution in [0.25, 0.3) is 0 Å². The second-order valence-electron chi connectivity index (χ2n) is 3.15. The van der Waals surface area contributed by atoms with Crippen LogP contribution in [0.4, 0.5) is 8.78 Å². The number of ether oxygens (including phenoxy) is 1. The molecule has 0 aromatic carbocycles. The van der Waals surface area contributed by atoms with Gasteiger partial charge in [0.25, 0.3) is 6.43 Å². The molecule has 3 nitrogen and oxygen atoms in total. The molecule has 0 bridgehead atoms. The molecule has 0 aliphatic rings. The lowest BCUT2D eigenvalue weighted by Gasteiger charge is -2.13. The number of carbonyl (C=O) groups excluding carboxylic acids is 1. The maximum Gasteiger partial charge on any atom is 0.310 e. The Bertz CT molecular complexity index is 427. The molecule has 0 saturated heterocycles. The number of esters is 1. The van der Waals surface area contributed by atoms with E-state index in [0.717, 1.165) is 0 Å². The normalized spacial score (nSPS) is 10.7. The predicted molar refractivity (Wildman–Crippen MR) is 59.5 cm³/mol. The molecule has 1 aromatic rings. The van der Waals surface area contributed by atoms with Gasteiger partial charge in [-0.3, -0.25) is 4.79 Å². The van der Waals surface area contributed by atoms with Crippen LogP contribution in [0.5, 0.6) is 0 Å². The highest BCUT2D eigenvalue weighted by molar-refractivity contribution is 6.30. The number of hydrogen-bond donors (Lipinski definition) is 0. The van der Waals surface area contributed by atoms with Gasteiger partial charge in [0.1, 0.15) is 5.15 Å². The van der Waals surface area contributed by atoms with Crippen LogP contribution in [0.3, 0.4) is 0 Å². The lowest BCUT2D eigenvalue weighted by Crippen LogP contribution is -2.11. The maximum atomic E-state index is 12.8. The number of aromatic nitrogens is 1. The summed E-state index contributed by atoms with van der Waals surface area (Å²) >= 11 is 11.2. The van der Waals surface area contributed by atoms with Crippen LogP contribution in [0.2, 0.25) is 5.15 Å². The van der Waals surface area contributed by atoms with Crippen molar-refractivity contribution in [2.24, 2.45) is 0 Å². The first-order chi connectivity index (χ1) is 8.01. The maximum absolute atomic E-state index is 12.8. The molecular formula is C10H9Cl2F2NO2. The molecule has 0 spiro atoms. The van der Waals surface area contributed by atoms with E-state index < -0.39 is 18.0 Å². The van der Waals surface area contributed by atoms with Crippen LogP contribution in [0.15, 0.2) is 6.20 Å². The first kappa shape index (κ1) is 14.1. The minimum absolute atomic E-state index is 0.0315. The molecule has 94 valence electrons. The van der Waals surface area contributed by atoms with Crippen molar-refractivity contribution in [2.75, 3.05) is 7.11 Å². The SMILES string of the molecule is COC(=O)Cc1c(CCl)cnc(Cl)c1C(F)F. The highest BCUT2D eigenvalue weighted by atomic mass is 35.5. The quantitative estimate of drug-likeness (QED) is 0.484. The Hall–Kier alpha value is -0.940. The Labute approximate surface area is 107 Å². The van der Waals surface area contributed by atoms with Gasteiger partial charge in [-0.15, -0.1) is 11.6 Å². The summed E-state index contributed by atoms with van der Waals surface area (Å²) in [6, 6.07) is 0. The van der Waals surface area contributed by atoms with Crippen LogP contribution in [-0.4, -0.2) is 18.1 Å². The number of hydrogen-bond acceptors (Lipinski definition) is 3. The molecular weight excluding hydrogens is 275 g/mol. The Morgan fingerprint density at radius 3 is 2.71 bits per heavy atom. The second-order valence-corrected chi connectivity index (χ2v) is 3.78. The fourth-order valence-corrected chi connectivity index (χ4v) is 1.82. The monoisotopic (exact) mass is 283 g/mol. The Morgan fingerprint density at radius 2 is 2.24 bits per heavy atom. The Balaban J connectivity index is 3.29. The summed E-state index contributed by atoms with van der Waals surface area (Å²) in [7, 11) is 1.17. The summed E-state index contributed by atoms with van der Waals surface area (Å²) in [5.74, 6) is -0.670. The minimum Gasteiger partial charge on any atom is -0.469 e. The van der Waals surface area contributed by atoms with Gasteiger partial charge in [0.2, 0.25) is 0 Å². The van der Waals surface area contributed by atoms with E-state index >= 15 is 0 Å². The highest BCUT2D eigenvalue weighted by Gasteiger charge is 2.23. The molecule has 0 aliphatic carbocycles. The van der Waals surface area contributed by atoms with Crippen LogP contribution in [-0.2, 0) is 21.8 Å². The van der Waals surface area contributed by atoms with Crippen molar-refractivity contribution in [3.8, 4) is 0 Å². The van der Waals surface area contributed by atoms with Gasteiger partial charge in [-0.05, 0) is 11.1 Å². The van der Waals surface area contributed by atoms with Crippen molar-refractivity contribution < 1.29 is 18.3 Å². The summed E-state index contributed by atoms with van der Waals surface area (Å²) in [5, 5.41) is -0.326. The van der Waals surface area contributed by atoms with E-state index in [1.54, 1.807) is 0 Å². The molecule has 0 radical (unpaired) electrons. The van der Waals surface area contributed by atoms with Crippen molar-refractivity contribution in [1.29, 1.82) is 0 Å². The predicted octanol–water partition coefficient (Wildman–Crippen LogP) is 3.13. The standard InChI is InChI=1S/C10H9Cl2F2NO2/c1-17-7(16)2-6-5(3-11)4-15-9(12)8(6)10(13)14/h4,10H,2-3H2,1H3. The average Bonchev–Trinajstić information content (AvgIpc) is 2.28. The topological polar surface area (TPSA) is 39.2 Å². The molecule has 1 heterocycles. The smallest absolute Gasteiger partial charge is 0.310 e. The number of methoxy groups -OCH3 is 1. The van der Waals surface area contributed by atoms with Gasteiger partial charge in [0.15, 0.2) is 0 Å². The van der Waals surface area contributed by atoms with Crippen LogP contribution in [0, 0.1) is 0 Å². The first-order valence-corrected chi connectivity index (χ1v) is 5.49. The van der Waals surface area contributed by atoms with Crippen LogP contribution >= 0.6 is 23.2 Å². The zero-order valence-corrected chi connectivity index (χ0v) is 10.4. The number of rotatable bonds is 4. The van der Waals surface area contributed by atoms with E-state index in [1.807, 2.05) is 0 Å². The van der Waals surface area contributed by atoms with Crippen molar-refractivity contribution in [3.63, 3.8) is 0 Å². The highest BCUT2D eigenvalue weighted by Crippen LogP contribution is 2.31. The van der Waals surface area contributed by atoms with E-state index in [9.17, 15) is 13.6 Å². The molecule has 0 N–H and O–H groups in total. The van der Waals surface area contributed by atoms with Crippen LogP contribution in [0.1, 0.15) is 23.1 Å². The molecule has 0 saturated carbocycles. The zero-order chi connectivity index (χ0) is 13.0. The third-order valence-corrected chi connectivity index (χ3v) is 2.77. The van der Waals surface area contributed by atoms with Gasteiger partial charge in [-0.1, -0.05) is 11.6 Å². The molecule has 0 unspecified atom stereocenters. The summed E-state index contributed by atoms with van der Waals surface area (Å²) in [4.78, 5) is 14.8. The van der Waals surface area contributed by atoms with Gasteiger partial charge in [0, 0.05) is 12.1 Å². The number of halogens is 4. The van der Waals surface area contributed by atoms with E-state index in [0.29, 0.717) is 5.56 Å². The van der Waals surface area contributed by atoms with Gasteiger partial charge in [0.05, 0.1) is 19.1 Å². The number of nitrogens with zero attached hydrogens (tertiary/aromatic N) is 1. The Morgan fingerprint density at radius 1 is 1.59 bits per heavy atom. The fraction of sp³-hybridized carbons (Fsp3) is 0.400. The summed E-state index contributed by atoms with van der Waals surface area (Å²) in [5.41, 5.74) is -0.0335. The van der Waals surface area contributed by atoms with Gasteiger partial charge >= 0.3 is 5.97 Å². The fourth-order valence-electron chi connectivity index (χ4n) is 1.34. The van der Waals surface area contributed by atoms with Crippen molar-refractivity contribution in [2.45, 2.75) is 18.7 Å². The number of alkyl halides is 3. The Kier molecular flexibility index (Phi) is 5.08. The zero-order valence-electron chi connectivity index (χ0n) is 8.84. The molecule has 0 fully saturated rings. The minimum atomic E-state index is -2.82. The van der Waals surface area contributed by atoms with E-state index in [-0.39, 0.29) is 23.0 Å². The van der Waals surface area contributed by atoms with E-state index in [2.05, 4.69) is 9.72 Å². The molecule has 0 aliphatic heterocycles. The summed E-state index contributed by atoms with van der Waals surface area (Å²) in [6.45, 7) is 0. The van der Waals surface area contributed by atoms with Crippen molar-refractivity contribution >= 4 is 29.2 Å². The lowest BCUT2D eigenvalue weighted by atomic mass is 10.0. The second kappa shape index (κ2) is 6.12. The molecule has 0 amide bonds. The largest absolute Gasteiger partial charge is 0.469 e. The van der Waals surface area contributed by atoms with E-state index in [4.69, 9.17) is 23.2 Å². The van der Waals surface area contributed by atoms with Gasteiger partial charge in [-0.2, -0.15) is 0 Å².